The Balaban J connectivity index is 1.46. The van der Waals surface area contributed by atoms with Crippen LogP contribution < -0.4 is 5.32 Å². The van der Waals surface area contributed by atoms with Gasteiger partial charge in [-0.15, -0.1) is 0 Å². The second-order valence-electron chi connectivity index (χ2n) is 8.75. The standard InChI is InChI=1S/C24H27N5O2/c1-16-18(13-17-7-10-25-20(14-17)19-8-11-28(4)15-19)5-6-21(26-16)27-23(31)29-12-9-24(2,3)22(29)30/h5-8,10-11,14-15H,9,12-13H2,1-4H3,(H,26,27,31). The lowest BCUT2D eigenvalue weighted by Gasteiger charge is -2.18. The first-order chi connectivity index (χ1) is 14.7. The molecule has 160 valence electrons. The molecule has 0 saturated carbocycles. The van der Waals surface area contributed by atoms with Crippen molar-refractivity contribution in [1.82, 2.24) is 19.4 Å². The minimum absolute atomic E-state index is 0.148. The Kier molecular flexibility index (Phi) is 5.35. The van der Waals surface area contributed by atoms with Crippen molar-refractivity contribution >= 4 is 17.8 Å². The van der Waals surface area contributed by atoms with Gasteiger partial charge in [-0.2, -0.15) is 0 Å². The summed E-state index contributed by atoms with van der Waals surface area (Å²) in [6.07, 6.45) is 7.25. The Bertz CT molecular complexity index is 1150. The van der Waals surface area contributed by atoms with E-state index in [2.05, 4.69) is 21.4 Å². The van der Waals surface area contributed by atoms with Crippen molar-refractivity contribution in [1.29, 1.82) is 0 Å². The van der Waals surface area contributed by atoms with E-state index in [1.54, 1.807) is 6.07 Å². The molecule has 3 aromatic heterocycles. The van der Waals surface area contributed by atoms with Crippen molar-refractivity contribution in [3.05, 3.63) is 65.7 Å². The molecule has 7 nitrogen and oxygen atoms in total. The highest BCUT2D eigenvalue weighted by molar-refractivity contribution is 6.03. The number of likely N-dealkylation sites (tertiary alicyclic amines) is 1. The number of carbonyl (C=O) groups excluding carboxylic acids is 2. The minimum atomic E-state index is -0.492. The summed E-state index contributed by atoms with van der Waals surface area (Å²) >= 11 is 0. The van der Waals surface area contributed by atoms with Crippen LogP contribution in [0.2, 0.25) is 0 Å². The van der Waals surface area contributed by atoms with Crippen molar-refractivity contribution in [3.63, 3.8) is 0 Å². The van der Waals surface area contributed by atoms with Gasteiger partial charge in [-0.05, 0) is 55.2 Å². The molecule has 0 aromatic carbocycles. The third-order valence-electron chi connectivity index (χ3n) is 5.81. The second-order valence-corrected chi connectivity index (χ2v) is 8.75. The molecule has 7 heteroatoms. The molecule has 1 aliphatic rings. The fraction of sp³-hybridized carbons (Fsp3) is 0.333. The lowest BCUT2D eigenvalue weighted by molar-refractivity contribution is -0.131. The fourth-order valence-electron chi connectivity index (χ4n) is 3.80. The maximum absolute atomic E-state index is 12.5. The molecule has 0 unspecified atom stereocenters. The Morgan fingerprint density at radius 1 is 1.23 bits per heavy atom. The van der Waals surface area contributed by atoms with Gasteiger partial charge in [-0.3, -0.25) is 20.0 Å². The van der Waals surface area contributed by atoms with E-state index in [1.165, 1.54) is 4.90 Å². The van der Waals surface area contributed by atoms with Gasteiger partial charge in [-0.25, -0.2) is 9.78 Å². The van der Waals surface area contributed by atoms with Crippen molar-refractivity contribution in [2.24, 2.45) is 12.5 Å². The summed E-state index contributed by atoms with van der Waals surface area (Å²) in [6.45, 7) is 6.08. The Morgan fingerprint density at radius 2 is 2.03 bits per heavy atom. The van der Waals surface area contributed by atoms with E-state index >= 15 is 0 Å². The van der Waals surface area contributed by atoms with Gasteiger partial charge in [0.25, 0.3) is 0 Å². The summed E-state index contributed by atoms with van der Waals surface area (Å²) in [6, 6.07) is 9.47. The first-order valence-electron chi connectivity index (χ1n) is 10.4. The van der Waals surface area contributed by atoms with Crippen LogP contribution in [0.15, 0.2) is 48.9 Å². The number of aromatic nitrogens is 3. The van der Waals surface area contributed by atoms with Crippen LogP contribution in [0.3, 0.4) is 0 Å². The number of carbonyl (C=O) groups is 2. The van der Waals surface area contributed by atoms with E-state index in [1.807, 2.05) is 69.2 Å². The number of nitrogens with zero attached hydrogens (tertiary/aromatic N) is 4. The van der Waals surface area contributed by atoms with Gasteiger partial charge in [0.1, 0.15) is 5.82 Å². The average Bonchev–Trinajstić information content (AvgIpc) is 3.27. The van der Waals surface area contributed by atoms with Gasteiger partial charge >= 0.3 is 6.03 Å². The third-order valence-corrected chi connectivity index (χ3v) is 5.81. The number of rotatable bonds is 4. The molecule has 0 bridgehead atoms. The van der Waals surface area contributed by atoms with Gasteiger partial charge in [0, 0.05) is 48.9 Å². The predicted molar refractivity (Wildman–Crippen MR) is 120 cm³/mol. The van der Waals surface area contributed by atoms with E-state index in [4.69, 9.17) is 0 Å². The van der Waals surface area contributed by atoms with Gasteiger partial charge in [0.2, 0.25) is 5.91 Å². The van der Waals surface area contributed by atoms with Crippen molar-refractivity contribution in [3.8, 4) is 11.3 Å². The van der Waals surface area contributed by atoms with Crippen LogP contribution in [0.5, 0.6) is 0 Å². The van der Waals surface area contributed by atoms with E-state index in [-0.39, 0.29) is 5.91 Å². The summed E-state index contributed by atoms with van der Waals surface area (Å²) < 4.78 is 2.00. The Labute approximate surface area is 182 Å². The van der Waals surface area contributed by atoms with Gasteiger partial charge in [0.05, 0.1) is 5.69 Å². The smallest absolute Gasteiger partial charge is 0.329 e. The summed E-state index contributed by atoms with van der Waals surface area (Å²) in [4.78, 5) is 35.2. The first kappa shape index (κ1) is 20.8. The molecule has 1 aliphatic heterocycles. The summed E-state index contributed by atoms with van der Waals surface area (Å²) in [7, 11) is 1.99. The minimum Gasteiger partial charge on any atom is -0.357 e. The highest BCUT2D eigenvalue weighted by atomic mass is 16.2. The van der Waals surface area contributed by atoms with Crippen LogP contribution in [0.1, 0.15) is 37.1 Å². The number of hydrogen-bond acceptors (Lipinski definition) is 4. The van der Waals surface area contributed by atoms with Crippen LogP contribution in [0.25, 0.3) is 11.3 Å². The number of aryl methyl sites for hydroxylation is 2. The van der Waals surface area contributed by atoms with Gasteiger partial charge in [0.15, 0.2) is 0 Å². The molecular weight excluding hydrogens is 390 g/mol. The van der Waals surface area contributed by atoms with Gasteiger partial charge < -0.3 is 4.57 Å². The number of pyridine rings is 2. The molecule has 3 aromatic rings. The zero-order valence-electron chi connectivity index (χ0n) is 18.3. The van der Waals surface area contributed by atoms with Crippen LogP contribution in [0, 0.1) is 12.3 Å². The molecule has 0 aliphatic carbocycles. The molecule has 1 fully saturated rings. The highest BCUT2D eigenvalue weighted by Crippen LogP contribution is 2.31. The second kappa shape index (κ2) is 7.98. The molecule has 4 heterocycles. The normalized spacial score (nSPS) is 15.4. The monoisotopic (exact) mass is 417 g/mol. The molecule has 1 saturated heterocycles. The highest BCUT2D eigenvalue weighted by Gasteiger charge is 2.41. The number of imide groups is 1. The van der Waals surface area contributed by atoms with E-state index in [0.29, 0.717) is 25.2 Å². The van der Waals surface area contributed by atoms with E-state index in [0.717, 1.165) is 28.1 Å². The largest absolute Gasteiger partial charge is 0.357 e. The lowest BCUT2D eigenvalue weighted by atomic mass is 9.92. The zero-order chi connectivity index (χ0) is 22.2. The maximum Gasteiger partial charge on any atom is 0.329 e. The third kappa shape index (κ3) is 4.35. The summed E-state index contributed by atoms with van der Waals surface area (Å²) in [5, 5.41) is 2.76. The topological polar surface area (TPSA) is 80.1 Å². The first-order valence-corrected chi connectivity index (χ1v) is 10.4. The predicted octanol–water partition coefficient (Wildman–Crippen LogP) is 4.17. The summed E-state index contributed by atoms with van der Waals surface area (Å²) in [5.74, 6) is 0.300. The van der Waals surface area contributed by atoms with Crippen molar-refractivity contribution in [2.75, 3.05) is 11.9 Å². The van der Waals surface area contributed by atoms with Crippen LogP contribution in [0.4, 0.5) is 10.6 Å². The van der Waals surface area contributed by atoms with Crippen LogP contribution >= 0.6 is 0 Å². The number of urea groups is 1. The maximum atomic E-state index is 12.5. The summed E-state index contributed by atoms with van der Waals surface area (Å²) in [5.41, 5.74) is 4.57. The van der Waals surface area contributed by atoms with Crippen molar-refractivity contribution in [2.45, 2.75) is 33.6 Å². The molecule has 0 atom stereocenters. The molecule has 4 rings (SSSR count). The van der Waals surface area contributed by atoms with E-state index < -0.39 is 11.4 Å². The molecular formula is C24H27N5O2. The molecule has 1 N–H and O–H groups in total. The van der Waals surface area contributed by atoms with Crippen molar-refractivity contribution < 1.29 is 9.59 Å². The van der Waals surface area contributed by atoms with Crippen LogP contribution in [-0.2, 0) is 18.3 Å². The molecule has 31 heavy (non-hydrogen) atoms. The number of anilines is 1. The molecule has 0 radical (unpaired) electrons. The van der Waals surface area contributed by atoms with E-state index in [9.17, 15) is 9.59 Å². The lowest BCUT2D eigenvalue weighted by Crippen LogP contribution is -2.39. The SMILES string of the molecule is Cc1nc(NC(=O)N2CCC(C)(C)C2=O)ccc1Cc1ccnc(-c2ccn(C)c2)c1. The Morgan fingerprint density at radius 3 is 2.68 bits per heavy atom. The number of nitrogens with one attached hydrogen (secondary N) is 1. The van der Waals surface area contributed by atoms with Crippen LogP contribution in [-0.4, -0.2) is 37.9 Å². The molecule has 0 spiro atoms. The molecule has 3 amide bonds. The zero-order valence-corrected chi connectivity index (χ0v) is 18.3. The quantitative estimate of drug-likeness (QED) is 0.691. The van der Waals surface area contributed by atoms with Gasteiger partial charge in [-0.1, -0.05) is 19.9 Å². The fourth-order valence-corrected chi connectivity index (χ4v) is 3.80. The Hall–Kier alpha value is -3.48. The average molecular weight is 418 g/mol. The number of hydrogen-bond donors (Lipinski definition) is 1. The number of amides is 3.